The number of rotatable bonds is 2. The Hall–Kier alpha value is -0.457. The molecule has 8 heteroatoms. The van der Waals surface area contributed by atoms with Crippen LogP contribution in [0.5, 0.6) is 0 Å². The molecule has 0 saturated heterocycles. The van der Waals surface area contributed by atoms with Crippen molar-refractivity contribution < 1.29 is 45.3 Å². The minimum Gasteiger partial charge on any atom is -0.194 e. The molecule has 0 fully saturated rings. The molecule has 3 nitrogen and oxygen atoms in total. The van der Waals surface area contributed by atoms with E-state index in [0.29, 0.717) is 0 Å². The van der Waals surface area contributed by atoms with E-state index in [1.165, 1.54) is 18.2 Å². The van der Waals surface area contributed by atoms with Crippen molar-refractivity contribution in [3.8, 4) is 0 Å². The van der Waals surface area contributed by atoms with Crippen LogP contribution in [0.25, 0.3) is 0 Å². The predicted molar refractivity (Wildman–Crippen MR) is 40.8 cm³/mol. The van der Waals surface area contributed by atoms with Crippen LogP contribution in [0, 0.1) is 0 Å². The quantitative estimate of drug-likeness (QED) is 0.616. The van der Waals surface area contributed by atoms with E-state index in [9.17, 15) is 21.6 Å². The molecule has 1 aromatic rings. The zero-order valence-corrected chi connectivity index (χ0v) is 9.56. The molecule has 0 N–H and O–H groups in total. The standard InChI is InChI=1S/C7H5F3O3S.Ru/c8-7(9,10)13-14(11,12)6-4-2-1-3-5-6;/h1-5H;. The average molecular weight is 327 g/mol. The van der Waals surface area contributed by atoms with Gasteiger partial charge in [-0.1, -0.05) is 18.2 Å². The second kappa shape index (κ2) is 5.05. The van der Waals surface area contributed by atoms with E-state index < -0.39 is 21.4 Å². The van der Waals surface area contributed by atoms with Crippen LogP contribution >= 0.6 is 0 Å². The second-order valence-corrected chi connectivity index (χ2v) is 3.84. The molecule has 1 rings (SSSR count). The topological polar surface area (TPSA) is 43.4 Å². The van der Waals surface area contributed by atoms with E-state index in [2.05, 4.69) is 4.18 Å². The molecule has 0 radical (unpaired) electrons. The monoisotopic (exact) mass is 328 g/mol. The average Bonchev–Trinajstić information content (AvgIpc) is 2.01. The summed E-state index contributed by atoms with van der Waals surface area (Å²) in [5.41, 5.74) is 0. The minimum atomic E-state index is -5.20. The summed E-state index contributed by atoms with van der Waals surface area (Å²) in [7, 11) is -4.74. The van der Waals surface area contributed by atoms with Gasteiger partial charge in [0, 0.05) is 19.5 Å². The third-order valence-corrected chi connectivity index (χ3v) is 2.49. The van der Waals surface area contributed by atoms with Gasteiger partial charge in [-0.2, -0.15) is 12.6 Å². The van der Waals surface area contributed by atoms with Gasteiger partial charge in [0.15, 0.2) is 0 Å². The summed E-state index contributed by atoms with van der Waals surface area (Å²) in [5, 5.41) is 0. The van der Waals surface area contributed by atoms with Crippen molar-refractivity contribution in [1.29, 1.82) is 0 Å². The number of hydrogen-bond donors (Lipinski definition) is 0. The SMILES string of the molecule is O=S(=O)(OC(F)(F)F)c1ccccc1.[Ru]. The van der Waals surface area contributed by atoms with E-state index in [1.54, 1.807) is 0 Å². The molecule has 0 aromatic heterocycles. The molecule has 0 aliphatic rings. The number of benzene rings is 1. The zero-order valence-electron chi connectivity index (χ0n) is 7.01. The maximum absolute atomic E-state index is 11.6. The van der Waals surface area contributed by atoms with Crippen molar-refractivity contribution in [3.63, 3.8) is 0 Å². The number of alkyl halides is 3. The third-order valence-electron chi connectivity index (χ3n) is 1.24. The van der Waals surface area contributed by atoms with Gasteiger partial charge in [0.05, 0.1) is 4.90 Å². The summed E-state index contributed by atoms with van der Waals surface area (Å²) in [6.45, 7) is 0. The fraction of sp³-hybridized carbons (Fsp3) is 0.143. The van der Waals surface area contributed by atoms with Crippen LogP contribution in [-0.4, -0.2) is 14.8 Å². The predicted octanol–water partition coefficient (Wildman–Crippen LogP) is 1.91. The van der Waals surface area contributed by atoms with Gasteiger partial charge in [0.2, 0.25) is 0 Å². The summed E-state index contributed by atoms with van der Waals surface area (Å²) in [6.07, 6.45) is -5.20. The van der Waals surface area contributed by atoms with Gasteiger partial charge < -0.3 is 0 Å². The summed E-state index contributed by atoms with van der Waals surface area (Å²) >= 11 is 0. The van der Waals surface area contributed by atoms with Gasteiger partial charge in [-0.3, -0.25) is 0 Å². The molecule has 0 aliphatic carbocycles. The maximum atomic E-state index is 11.6. The number of hydrogen-bond acceptors (Lipinski definition) is 3. The van der Waals surface area contributed by atoms with Crippen LogP contribution in [0.1, 0.15) is 0 Å². The molecule has 0 atom stereocenters. The first kappa shape index (κ1) is 14.5. The molecule has 15 heavy (non-hydrogen) atoms. The van der Waals surface area contributed by atoms with Crippen LogP contribution in [0.3, 0.4) is 0 Å². The Bertz CT molecular complexity index is 401. The van der Waals surface area contributed by atoms with Crippen LogP contribution in [0.2, 0.25) is 0 Å². The fourth-order valence-corrected chi connectivity index (χ4v) is 1.60. The van der Waals surface area contributed by atoms with Gasteiger partial charge >= 0.3 is 16.5 Å². The third kappa shape index (κ3) is 4.72. The fourth-order valence-electron chi connectivity index (χ4n) is 0.760. The second-order valence-electron chi connectivity index (χ2n) is 2.30. The van der Waals surface area contributed by atoms with Gasteiger partial charge in [0.1, 0.15) is 0 Å². The molecule has 0 aliphatic heterocycles. The van der Waals surface area contributed by atoms with Gasteiger partial charge in [-0.25, -0.2) is 0 Å². The van der Waals surface area contributed by atoms with Crippen molar-refractivity contribution in [1.82, 2.24) is 0 Å². The van der Waals surface area contributed by atoms with Gasteiger partial charge in [-0.05, 0) is 12.1 Å². The summed E-state index contributed by atoms with van der Waals surface area (Å²) in [6, 6.07) is 6.11. The maximum Gasteiger partial charge on any atom is 0.537 e. The molecule has 1 aromatic carbocycles. The smallest absolute Gasteiger partial charge is 0.194 e. The molecule has 0 saturated carbocycles. The van der Waals surface area contributed by atoms with Crippen LogP contribution in [0.15, 0.2) is 35.2 Å². The number of halogens is 3. The molecule has 0 bridgehead atoms. The Labute approximate surface area is 97.1 Å². The van der Waals surface area contributed by atoms with E-state index in [0.717, 1.165) is 12.1 Å². The first-order chi connectivity index (χ1) is 6.31. The van der Waals surface area contributed by atoms with Gasteiger partial charge in [0.25, 0.3) is 0 Å². The van der Waals surface area contributed by atoms with E-state index in [1.807, 2.05) is 0 Å². The van der Waals surface area contributed by atoms with E-state index in [-0.39, 0.29) is 19.5 Å². The van der Waals surface area contributed by atoms with Crippen molar-refractivity contribution in [3.05, 3.63) is 30.3 Å². The van der Waals surface area contributed by atoms with Crippen LogP contribution < -0.4 is 0 Å². The molecule has 86 valence electrons. The Balaban J connectivity index is 0.00000196. The molecule has 0 amide bonds. The Morgan fingerprint density at radius 1 is 1.07 bits per heavy atom. The normalized spacial score (nSPS) is 11.9. The van der Waals surface area contributed by atoms with E-state index >= 15 is 0 Å². The molecule has 0 unspecified atom stereocenters. The van der Waals surface area contributed by atoms with Crippen LogP contribution in [0.4, 0.5) is 13.2 Å². The molecule has 0 heterocycles. The first-order valence-corrected chi connectivity index (χ1v) is 4.79. The Kier molecular flexibility index (Phi) is 4.90. The van der Waals surface area contributed by atoms with Crippen LogP contribution in [-0.2, 0) is 33.8 Å². The Morgan fingerprint density at radius 2 is 1.53 bits per heavy atom. The molecule has 0 spiro atoms. The van der Waals surface area contributed by atoms with Gasteiger partial charge in [-0.15, -0.1) is 13.2 Å². The van der Waals surface area contributed by atoms with Crippen molar-refractivity contribution in [2.75, 3.05) is 0 Å². The molecular formula is C7H5F3O3RuS. The van der Waals surface area contributed by atoms with Crippen molar-refractivity contribution in [2.45, 2.75) is 11.3 Å². The zero-order chi connectivity index (χ0) is 10.8. The summed E-state index contributed by atoms with van der Waals surface area (Å²) in [5.74, 6) is 0. The first-order valence-electron chi connectivity index (χ1n) is 3.39. The summed E-state index contributed by atoms with van der Waals surface area (Å²) < 4.78 is 59.7. The largest absolute Gasteiger partial charge is 0.537 e. The van der Waals surface area contributed by atoms with Crippen molar-refractivity contribution >= 4 is 10.1 Å². The molecular weight excluding hydrogens is 322 g/mol. The van der Waals surface area contributed by atoms with E-state index in [4.69, 9.17) is 0 Å². The Morgan fingerprint density at radius 3 is 1.93 bits per heavy atom. The summed E-state index contributed by atoms with van der Waals surface area (Å²) in [4.78, 5) is -0.530. The van der Waals surface area contributed by atoms with Crippen molar-refractivity contribution in [2.24, 2.45) is 0 Å². The minimum absolute atomic E-state index is 0.